The van der Waals surface area contributed by atoms with Crippen molar-refractivity contribution in [3.63, 3.8) is 0 Å². The average Bonchev–Trinajstić information content (AvgIpc) is 2.35. The first-order valence-electron chi connectivity index (χ1n) is 7.24. The van der Waals surface area contributed by atoms with E-state index < -0.39 is 0 Å². The summed E-state index contributed by atoms with van der Waals surface area (Å²) >= 11 is 0. The van der Waals surface area contributed by atoms with Gasteiger partial charge in [-0.2, -0.15) is 0 Å². The van der Waals surface area contributed by atoms with Gasteiger partial charge in [-0.25, -0.2) is 0 Å². The van der Waals surface area contributed by atoms with Crippen LogP contribution in [0.25, 0.3) is 0 Å². The lowest BCUT2D eigenvalue weighted by atomic mass is 9.79. The fourth-order valence-corrected chi connectivity index (χ4v) is 2.49. The summed E-state index contributed by atoms with van der Waals surface area (Å²) in [4.78, 5) is 0. The molecule has 0 N–H and O–H groups in total. The van der Waals surface area contributed by atoms with Crippen LogP contribution in [0.15, 0.2) is 46.6 Å². The quantitative estimate of drug-likeness (QED) is 0.545. The molecule has 0 aromatic carbocycles. The second-order valence-electron chi connectivity index (χ2n) is 5.68. The molecule has 0 aliphatic heterocycles. The van der Waals surface area contributed by atoms with Crippen molar-refractivity contribution in [1.82, 2.24) is 0 Å². The van der Waals surface area contributed by atoms with Crippen molar-refractivity contribution in [3.05, 3.63) is 46.6 Å². The summed E-state index contributed by atoms with van der Waals surface area (Å²) in [5.74, 6) is 1.33. The van der Waals surface area contributed by atoms with Crippen molar-refractivity contribution in [2.24, 2.45) is 11.8 Å². The molecule has 1 aliphatic carbocycles. The maximum Gasteiger partial charge on any atom is -0.0190 e. The van der Waals surface area contributed by atoms with E-state index in [0.717, 1.165) is 0 Å². The Hall–Kier alpha value is -1.04. The summed E-state index contributed by atoms with van der Waals surface area (Å²) in [5.41, 5.74) is 5.84. The zero-order valence-electron chi connectivity index (χ0n) is 12.9. The molecule has 1 rings (SSSR count). The van der Waals surface area contributed by atoms with Gasteiger partial charge in [0.15, 0.2) is 0 Å². The van der Waals surface area contributed by atoms with Crippen molar-refractivity contribution in [1.29, 1.82) is 0 Å². The van der Waals surface area contributed by atoms with Crippen LogP contribution in [0.1, 0.15) is 54.4 Å². The van der Waals surface area contributed by atoms with Crippen LogP contribution in [0.5, 0.6) is 0 Å². The lowest BCUT2D eigenvalue weighted by molar-refractivity contribution is 0.627. The molecule has 0 amide bonds. The standard InChI is InChI=1S/C18H28/c1-7-9-16(13(3)4)17-11-10-14(5)12-18(17)15(6)8-2/h7,9,11-12,14-15H,8,10H2,1-6H3/b9-7-. The van der Waals surface area contributed by atoms with E-state index in [1.165, 1.54) is 29.6 Å². The predicted octanol–water partition coefficient (Wildman–Crippen LogP) is 5.84. The fraction of sp³-hybridized carbons (Fsp3) is 0.556. The largest absolute Gasteiger partial charge is 0.0870 e. The summed E-state index contributed by atoms with van der Waals surface area (Å²) in [6.07, 6.45) is 11.7. The molecular formula is C18H28. The fourth-order valence-electron chi connectivity index (χ4n) is 2.49. The van der Waals surface area contributed by atoms with E-state index in [9.17, 15) is 0 Å². The third-order valence-corrected chi connectivity index (χ3v) is 3.77. The van der Waals surface area contributed by atoms with Crippen LogP contribution in [0.4, 0.5) is 0 Å². The molecule has 0 radical (unpaired) electrons. The lowest BCUT2D eigenvalue weighted by Crippen LogP contribution is -2.10. The van der Waals surface area contributed by atoms with Gasteiger partial charge in [0, 0.05) is 0 Å². The highest BCUT2D eigenvalue weighted by Crippen LogP contribution is 2.35. The van der Waals surface area contributed by atoms with Crippen LogP contribution >= 0.6 is 0 Å². The normalized spacial score (nSPS) is 21.6. The van der Waals surface area contributed by atoms with Gasteiger partial charge in [-0.3, -0.25) is 0 Å². The van der Waals surface area contributed by atoms with E-state index in [1.807, 2.05) is 0 Å². The molecular weight excluding hydrogens is 216 g/mol. The van der Waals surface area contributed by atoms with Gasteiger partial charge >= 0.3 is 0 Å². The first-order chi connectivity index (χ1) is 8.51. The SMILES string of the molecule is C/C=C\C(C1=CCC(C)C=C1C(C)CC)=C(C)C. The van der Waals surface area contributed by atoms with Gasteiger partial charge in [0.25, 0.3) is 0 Å². The van der Waals surface area contributed by atoms with E-state index in [0.29, 0.717) is 11.8 Å². The smallest absolute Gasteiger partial charge is 0.0190 e. The van der Waals surface area contributed by atoms with E-state index in [4.69, 9.17) is 0 Å². The molecule has 2 unspecified atom stereocenters. The molecule has 0 aromatic heterocycles. The molecule has 2 atom stereocenters. The Bertz CT molecular complexity index is 398. The van der Waals surface area contributed by atoms with Crippen LogP contribution in [0.2, 0.25) is 0 Å². The minimum Gasteiger partial charge on any atom is -0.0870 e. The summed E-state index contributed by atoms with van der Waals surface area (Å²) < 4.78 is 0. The Labute approximate surface area is 113 Å². The zero-order chi connectivity index (χ0) is 13.7. The molecule has 0 nitrogen and oxygen atoms in total. The Balaban J connectivity index is 3.21. The minimum absolute atomic E-state index is 0.651. The summed E-state index contributed by atoms with van der Waals surface area (Å²) in [5, 5.41) is 0. The average molecular weight is 244 g/mol. The Kier molecular flexibility index (Phi) is 5.65. The van der Waals surface area contributed by atoms with Crippen molar-refractivity contribution in [2.45, 2.75) is 54.4 Å². The van der Waals surface area contributed by atoms with Crippen LogP contribution in [-0.4, -0.2) is 0 Å². The van der Waals surface area contributed by atoms with E-state index in [1.54, 1.807) is 5.57 Å². The van der Waals surface area contributed by atoms with E-state index in [2.05, 4.69) is 65.8 Å². The molecule has 1 aliphatic rings. The van der Waals surface area contributed by atoms with Crippen LogP contribution in [-0.2, 0) is 0 Å². The first kappa shape index (κ1) is 15.0. The van der Waals surface area contributed by atoms with Crippen LogP contribution < -0.4 is 0 Å². The maximum absolute atomic E-state index is 2.48. The number of allylic oxidation sites excluding steroid dienone is 8. The highest BCUT2D eigenvalue weighted by molar-refractivity contribution is 5.55. The maximum atomic E-state index is 2.48. The summed E-state index contributed by atoms with van der Waals surface area (Å²) in [6.45, 7) is 13.5. The lowest BCUT2D eigenvalue weighted by Gasteiger charge is -2.25. The van der Waals surface area contributed by atoms with E-state index in [-0.39, 0.29) is 0 Å². The molecule has 0 heterocycles. The van der Waals surface area contributed by atoms with Crippen LogP contribution in [0, 0.1) is 11.8 Å². The highest BCUT2D eigenvalue weighted by Gasteiger charge is 2.19. The van der Waals surface area contributed by atoms with Crippen molar-refractivity contribution in [3.8, 4) is 0 Å². The van der Waals surface area contributed by atoms with Crippen molar-refractivity contribution in [2.75, 3.05) is 0 Å². The Morgan fingerprint density at radius 1 is 1.44 bits per heavy atom. The summed E-state index contributed by atoms with van der Waals surface area (Å²) in [6, 6.07) is 0. The van der Waals surface area contributed by atoms with E-state index >= 15 is 0 Å². The van der Waals surface area contributed by atoms with Gasteiger partial charge < -0.3 is 0 Å². The third kappa shape index (κ3) is 3.48. The van der Waals surface area contributed by atoms with Crippen molar-refractivity contribution < 1.29 is 0 Å². The first-order valence-corrected chi connectivity index (χ1v) is 7.24. The molecule has 0 spiro atoms. The van der Waals surface area contributed by atoms with Gasteiger partial charge in [-0.15, -0.1) is 0 Å². The van der Waals surface area contributed by atoms with Gasteiger partial charge in [-0.1, -0.05) is 50.6 Å². The Morgan fingerprint density at radius 2 is 2.11 bits per heavy atom. The second kappa shape index (κ2) is 6.78. The van der Waals surface area contributed by atoms with Gasteiger partial charge in [0.2, 0.25) is 0 Å². The third-order valence-electron chi connectivity index (χ3n) is 3.77. The molecule has 0 saturated heterocycles. The van der Waals surface area contributed by atoms with Crippen LogP contribution in [0.3, 0.4) is 0 Å². The molecule has 0 aromatic rings. The monoisotopic (exact) mass is 244 g/mol. The topological polar surface area (TPSA) is 0 Å². The van der Waals surface area contributed by atoms with Gasteiger partial charge in [0.05, 0.1) is 0 Å². The highest BCUT2D eigenvalue weighted by atomic mass is 14.2. The summed E-state index contributed by atoms with van der Waals surface area (Å²) in [7, 11) is 0. The Morgan fingerprint density at radius 3 is 2.61 bits per heavy atom. The molecule has 100 valence electrons. The predicted molar refractivity (Wildman–Crippen MR) is 82.6 cm³/mol. The number of rotatable bonds is 4. The minimum atomic E-state index is 0.651. The zero-order valence-corrected chi connectivity index (χ0v) is 12.9. The van der Waals surface area contributed by atoms with Gasteiger partial charge in [-0.05, 0) is 62.2 Å². The second-order valence-corrected chi connectivity index (χ2v) is 5.68. The van der Waals surface area contributed by atoms with Gasteiger partial charge in [0.1, 0.15) is 0 Å². The molecule has 0 heteroatoms. The molecule has 0 bridgehead atoms. The molecule has 0 saturated carbocycles. The van der Waals surface area contributed by atoms with Crippen molar-refractivity contribution >= 4 is 0 Å². The molecule has 0 fully saturated rings. The molecule has 18 heavy (non-hydrogen) atoms. The number of hydrogen-bond donors (Lipinski definition) is 0. The number of hydrogen-bond acceptors (Lipinski definition) is 0.